The molecule has 1 aromatic heterocycles. The Kier molecular flexibility index (Phi) is 23.2. The third kappa shape index (κ3) is 17.4. The summed E-state index contributed by atoms with van der Waals surface area (Å²) in [5.74, 6) is -0.260. The smallest absolute Gasteiger partial charge is 0.407 e. The Labute approximate surface area is 517 Å². The molecule has 4 atom stereocenters. The van der Waals surface area contributed by atoms with Gasteiger partial charge in [-0.05, 0) is 136 Å². The number of piperidine rings is 2. The van der Waals surface area contributed by atoms with Gasteiger partial charge in [-0.25, -0.2) is 22.8 Å². The van der Waals surface area contributed by atoms with Crippen molar-refractivity contribution in [1.82, 2.24) is 28.7 Å². The molecule has 2 unspecified atom stereocenters. The first-order valence-electron chi connectivity index (χ1n) is 31.0. The molecule has 2 amide bonds. The summed E-state index contributed by atoms with van der Waals surface area (Å²) >= 11 is 0. The van der Waals surface area contributed by atoms with Crippen LogP contribution >= 0.6 is 0 Å². The average Bonchev–Trinajstić information content (AvgIpc) is 2.17. The summed E-state index contributed by atoms with van der Waals surface area (Å²) in [5, 5.41) is 20.1. The molecule has 10 rings (SSSR count). The summed E-state index contributed by atoms with van der Waals surface area (Å²) in [6.07, 6.45) is 3.93. The van der Waals surface area contributed by atoms with Crippen LogP contribution in [-0.4, -0.2) is 116 Å². The highest BCUT2D eigenvalue weighted by Gasteiger charge is 2.40. The average molecular weight is 1210 g/mol. The molecule has 0 saturated carbocycles. The van der Waals surface area contributed by atoms with Crippen molar-refractivity contribution in [3.8, 4) is 0 Å². The van der Waals surface area contributed by atoms with E-state index in [1.54, 1.807) is 46.7 Å². The van der Waals surface area contributed by atoms with Gasteiger partial charge in [-0.15, -0.1) is 0 Å². The van der Waals surface area contributed by atoms with E-state index in [0.29, 0.717) is 63.9 Å². The van der Waals surface area contributed by atoms with Gasteiger partial charge in [-0.1, -0.05) is 170 Å². The Morgan fingerprint density at radius 2 is 0.955 bits per heavy atom. The number of nitrogens with zero attached hydrogens (tertiary/aromatic N) is 7. The zero-order valence-electron chi connectivity index (χ0n) is 50.4. The first kappa shape index (κ1) is 64.0. The topological polar surface area (TPSA) is 178 Å². The molecule has 17 heteroatoms. The Morgan fingerprint density at radius 1 is 0.534 bits per heavy atom. The number of para-hydroxylation sites is 3. The SMILES string of the molecule is CCOC(=O)CCCn1c(=O)n(C2CCN(C(=O)O)[C@@H](CCCN(Cc3ccccc3)Cc3ccccc3)C2)c2ccccc21.O=C(O)N1CC[C@H](N(c2ccccc2)S(=O)(=O)c2ccccc2)CC1CCCN(Cc1ccccc1)Cc1ccccc1. The second-order valence-electron chi connectivity index (χ2n) is 22.9. The summed E-state index contributed by atoms with van der Waals surface area (Å²) in [6, 6.07) is 66.0. The number of aromatic nitrogens is 2. The molecule has 0 bridgehead atoms. The van der Waals surface area contributed by atoms with Crippen LogP contribution in [0.1, 0.15) is 99.4 Å². The number of ether oxygens (including phenoxy) is 1. The van der Waals surface area contributed by atoms with Gasteiger partial charge in [0.1, 0.15) is 0 Å². The molecule has 0 spiro atoms. The van der Waals surface area contributed by atoms with Gasteiger partial charge < -0.3 is 24.7 Å². The number of hydrogen-bond acceptors (Lipinski definition) is 9. The van der Waals surface area contributed by atoms with Crippen molar-refractivity contribution in [2.45, 2.75) is 133 Å². The van der Waals surface area contributed by atoms with Crippen LogP contribution in [0, 0.1) is 0 Å². The van der Waals surface area contributed by atoms with Gasteiger partial charge in [0.05, 0.1) is 28.2 Å². The Balaban J connectivity index is 0.000000210. The zero-order valence-corrected chi connectivity index (χ0v) is 51.2. The van der Waals surface area contributed by atoms with Gasteiger partial charge in [0.15, 0.2) is 0 Å². The quantitative estimate of drug-likeness (QED) is 0.0493. The number of benzene rings is 7. The van der Waals surface area contributed by atoms with Gasteiger partial charge in [-0.2, -0.15) is 0 Å². The standard InChI is InChI=1S/C36H44N4O5.C35H39N3O4S/c1-2-45-34(41)20-12-23-39-32-18-9-10-19-33(32)40(35(39)42)31-21-24-38(36(43)44)30(25-31)17-11-22-37(26-28-13-5-3-6-14-28)27-29-15-7-4-8-16-29;39-35(40)37-25-23-33(38(31-18-9-3-10-19-31)43(41,42)34-21-11-4-12-22-34)26-32(37)20-13-24-36(27-29-14-5-1-6-15-29)28-30-16-7-2-8-17-30/h3-10,13-16,18-19,30-31H,2,11-12,17,20-27H2,1H3,(H,43,44);1-12,14-19,21-22,32-33H,13,20,23-28H2,(H,39,40)/t30-,31?;32?,33-/m00/s1. The number of amides is 2. The molecule has 462 valence electrons. The van der Waals surface area contributed by atoms with Crippen molar-refractivity contribution in [2.24, 2.45) is 0 Å². The number of imidazole rings is 1. The Hall–Kier alpha value is -8.51. The summed E-state index contributed by atoms with van der Waals surface area (Å²) < 4.78 is 38.2. The molecule has 8 aromatic rings. The number of aryl methyl sites for hydroxylation is 1. The molecule has 0 radical (unpaired) electrons. The number of anilines is 1. The van der Waals surface area contributed by atoms with E-state index in [2.05, 4.69) is 82.6 Å². The van der Waals surface area contributed by atoms with E-state index in [0.717, 1.165) is 69.6 Å². The Bertz CT molecular complexity index is 3530. The van der Waals surface area contributed by atoms with Crippen LogP contribution in [0.25, 0.3) is 11.0 Å². The third-order valence-corrected chi connectivity index (χ3v) is 18.7. The van der Waals surface area contributed by atoms with Gasteiger partial charge in [0.25, 0.3) is 10.0 Å². The van der Waals surface area contributed by atoms with Gasteiger partial charge >= 0.3 is 23.8 Å². The van der Waals surface area contributed by atoms with Crippen molar-refractivity contribution in [2.75, 3.05) is 37.1 Å². The molecule has 2 N–H and O–H groups in total. The minimum absolute atomic E-state index is 0.107. The van der Waals surface area contributed by atoms with Crippen molar-refractivity contribution >= 4 is 44.9 Å². The zero-order chi connectivity index (χ0) is 61.7. The normalized spacial score (nSPS) is 16.9. The monoisotopic (exact) mass is 1210 g/mol. The van der Waals surface area contributed by atoms with Crippen molar-refractivity contribution < 1.29 is 37.8 Å². The van der Waals surface area contributed by atoms with E-state index in [1.165, 1.54) is 31.5 Å². The van der Waals surface area contributed by atoms with E-state index in [4.69, 9.17) is 4.74 Å². The predicted molar refractivity (Wildman–Crippen MR) is 345 cm³/mol. The van der Waals surface area contributed by atoms with Crippen LogP contribution in [0.4, 0.5) is 15.3 Å². The van der Waals surface area contributed by atoms with Crippen LogP contribution in [0.5, 0.6) is 0 Å². The summed E-state index contributed by atoms with van der Waals surface area (Å²) in [7, 11) is -3.86. The van der Waals surface area contributed by atoms with Crippen LogP contribution in [0.2, 0.25) is 0 Å². The molecule has 88 heavy (non-hydrogen) atoms. The van der Waals surface area contributed by atoms with E-state index in [-0.39, 0.29) is 53.7 Å². The lowest BCUT2D eigenvalue weighted by Crippen LogP contribution is -2.53. The van der Waals surface area contributed by atoms with Crippen LogP contribution in [-0.2, 0) is 52.3 Å². The second-order valence-corrected chi connectivity index (χ2v) is 24.7. The highest BCUT2D eigenvalue weighted by Crippen LogP contribution is 2.35. The van der Waals surface area contributed by atoms with Crippen molar-refractivity contribution in [3.63, 3.8) is 0 Å². The van der Waals surface area contributed by atoms with E-state index < -0.39 is 22.2 Å². The van der Waals surface area contributed by atoms with Gasteiger partial charge in [0.2, 0.25) is 0 Å². The second kappa shape index (κ2) is 31.9. The van der Waals surface area contributed by atoms with Gasteiger partial charge in [0, 0.05) is 76.4 Å². The number of carbonyl (C=O) groups excluding carboxylic acids is 1. The van der Waals surface area contributed by atoms with Crippen molar-refractivity contribution in [3.05, 3.63) is 239 Å². The highest BCUT2D eigenvalue weighted by atomic mass is 32.2. The third-order valence-electron chi connectivity index (χ3n) is 16.8. The number of likely N-dealkylation sites (tertiary alicyclic amines) is 2. The molecule has 7 aromatic carbocycles. The van der Waals surface area contributed by atoms with Crippen LogP contribution in [0.15, 0.2) is 216 Å². The lowest BCUT2D eigenvalue weighted by atomic mass is 9.93. The maximum Gasteiger partial charge on any atom is 0.407 e. The lowest BCUT2D eigenvalue weighted by Gasteiger charge is -2.42. The molecule has 2 fully saturated rings. The molecule has 0 aliphatic carbocycles. The number of rotatable bonds is 26. The van der Waals surface area contributed by atoms with Crippen LogP contribution < -0.4 is 9.99 Å². The van der Waals surface area contributed by atoms with E-state index in [1.807, 2.05) is 108 Å². The number of esters is 1. The molecular formula is C71H83N7O9S. The maximum atomic E-state index is 14.0. The maximum absolute atomic E-state index is 14.0. The minimum Gasteiger partial charge on any atom is -0.466 e. The number of hydrogen-bond donors (Lipinski definition) is 2. The fourth-order valence-electron chi connectivity index (χ4n) is 12.7. The molecule has 2 aliphatic rings. The Morgan fingerprint density at radius 3 is 1.42 bits per heavy atom. The number of carboxylic acid groups (broad SMARTS) is 2. The number of carbonyl (C=O) groups is 3. The number of sulfonamides is 1. The first-order chi connectivity index (χ1) is 42.9. The molecular weight excluding hydrogens is 1130 g/mol. The molecule has 3 heterocycles. The summed E-state index contributed by atoms with van der Waals surface area (Å²) in [5.41, 5.74) is 7.12. The first-order valence-corrected chi connectivity index (χ1v) is 32.4. The van der Waals surface area contributed by atoms with E-state index in [9.17, 15) is 37.8 Å². The minimum atomic E-state index is -3.86. The number of fused-ring (bicyclic) bond motifs is 1. The van der Waals surface area contributed by atoms with Crippen molar-refractivity contribution in [1.29, 1.82) is 0 Å². The lowest BCUT2D eigenvalue weighted by molar-refractivity contribution is -0.143. The molecule has 16 nitrogen and oxygen atoms in total. The highest BCUT2D eigenvalue weighted by molar-refractivity contribution is 7.92. The van der Waals surface area contributed by atoms with Crippen LogP contribution in [0.3, 0.4) is 0 Å². The largest absolute Gasteiger partial charge is 0.466 e. The fraction of sp³-hybridized carbons (Fsp3) is 0.352. The molecule has 2 aliphatic heterocycles. The summed E-state index contributed by atoms with van der Waals surface area (Å²) in [6.45, 7) is 8.06. The fourth-order valence-corrected chi connectivity index (χ4v) is 14.4. The van der Waals surface area contributed by atoms with Gasteiger partial charge in [-0.3, -0.25) is 28.0 Å². The molecule has 2 saturated heterocycles. The van der Waals surface area contributed by atoms with E-state index >= 15 is 0 Å². The predicted octanol–water partition coefficient (Wildman–Crippen LogP) is 13.2. The summed E-state index contributed by atoms with van der Waals surface area (Å²) in [4.78, 5) is 58.4.